The van der Waals surface area contributed by atoms with Gasteiger partial charge >= 0.3 is 88.7 Å². The summed E-state index contributed by atoms with van der Waals surface area (Å²) in [5.74, 6) is -0.579. The number of phenols is 1. The molecule has 32 heavy (non-hydrogen) atoms. The van der Waals surface area contributed by atoms with Crippen molar-refractivity contribution in [3.8, 4) is 5.75 Å². The minimum atomic E-state index is -4.96. The van der Waals surface area contributed by atoms with E-state index in [1.165, 1.54) is 12.1 Å². The number of phenolic OH excluding ortho intramolecular Hbond substituents is 1. The van der Waals surface area contributed by atoms with Gasteiger partial charge < -0.3 is 5.11 Å². The number of aromatic hydroxyl groups is 1. The van der Waals surface area contributed by atoms with Crippen molar-refractivity contribution in [2.45, 2.75) is 14.7 Å². The number of rotatable bonds is 3. The van der Waals surface area contributed by atoms with Gasteiger partial charge in [-0.1, -0.05) is 18.2 Å². The zero-order valence-corrected chi connectivity index (χ0v) is 16.4. The van der Waals surface area contributed by atoms with E-state index in [1.54, 1.807) is 0 Å². The van der Waals surface area contributed by atoms with Crippen LogP contribution in [0.5, 0.6) is 5.75 Å². The zero-order chi connectivity index (χ0) is 21.5. The summed E-state index contributed by atoms with van der Waals surface area (Å²) >= 11 is 0. The van der Waals surface area contributed by atoms with E-state index in [9.17, 15) is 44.0 Å². The Bertz CT molecular complexity index is 1630. The molecule has 4 aromatic carbocycles. The molecule has 0 aliphatic carbocycles. The van der Waals surface area contributed by atoms with E-state index in [2.05, 4.69) is 0 Å². The molecule has 0 aromatic heterocycles. The topological polar surface area (TPSA) is 183 Å². The van der Waals surface area contributed by atoms with Gasteiger partial charge in [0, 0.05) is 38.4 Å². The van der Waals surface area contributed by atoms with Crippen LogP contribution < -0.4 is 0 Å². The Hall–Kier alpha value is 0.450. The summed E-state index contributed by atoms with van der Waals surface area (Å²) < 4.78 is 99.5. The molecule has 0 atom stereocenters. The predicted molar refractivity (Wildman–Crippen MR) is 123 cm³/mol. The molecule has 0 aliphatic heterocycles. The van der Waals surface area contributed by atoms with Crippen molar-refractivity contribution in [3.05, 3.63) is 36.4 Å². The van der Waals surface area contributed by atoms with Gasteiger partial charge in [-0.05, 0) is 12.1 Å². The summed E-state index contributed by atoms with van der Waals surface area (Å²) in [5.41, 5.74) is 0. The first-order valence-corrected chi connectivity index (χ1v) is 11.9. The second-order valence-electron chi connectivity index (χ2n) is 6.26. The third-order valence-corrected chi connectivity index (χ3v) is 7.28. The predicted octanol–water partition coefficient (Wildman–Crippen LogP) is 0.0842. The van der Waals surface area contributed by atoms with Crippen LogP contribution >= 0.6 is 0 Å². The summed E-state index contributed by atoms with van der Waals surface area (Å²) in [6.07, 6.45) is 0. The van der Waals surface area contributed by atoms with Gasteiger partial charge in [-0.15, -0.1) is 0 Å². The fourth-order valence-electron chi connectivity index (χ4n) is 3.52. The van der Waals surface area contributed by atoms with Crippen molar-refractivity contribution in [1.82, 2.24) is 0 Å². The van der Waals surface area contributed by atoms with Crippen LogP contribution in [0.4, 0.5) is 0 Å². The number of benzene rings is 4. The van der Waals surface area contributed by atoms with Crippen molar-refractivity contribution in [2.24, 2.45) is 0 Å². The van der Waals surface area contributed by atoms with Crippen molar-refractivity contribution in [2.75, 3.05) is 0 Å². The van der Waals surface area contributed by atoms with E-state index in [0.29, 0.717) is 6.07 Å². The van der Waals surface area contributed by atoms with Crippen molar-refractivity contribution < 1.29 is 44.0 Å². The molecule has 0 fully saturated rings. The molecule has 0 saturated heterocycles. The van der Waals surface area contributed by atoms with E-state index in [1.807, 2.05) is 0 Å². The van der Waals surface area contributed by atoms with Crippen LogP contribution in [0.1, 0.15) is 0 Å². The van der Waals surface area contributed by atoms with Crippen molar-refractivity contribution >= 4 is 151 Å². The molecule has 0 bridgehead atoms. The second kappa shape index (κ2) is 9.84. The molecule has 4 rings (SSSR count). The quantitative estimate of drug-likeness (QED) is 0.161. The zero-order valence-electron chi connectivity index (χ0n) is 13.9. The van der Waals surface area contributed by atoms with E-state index < -0.39 is 50.8 Å². The molecule has 0 heterocycles. The van der Waals surface area contributed by atoms with Gasteiger partial charge in [-0.2, -0.15) is 25.3 Å². The van der Waals surface area contributed by atoms with Gasteiger partial charge in [-0.25, -0.2) is 0 Å². The molecule has 158 valence electrons. The van der Waals surface area contributed by atoms with Crippen molar-refractivity contribution in [1.29, 1.82) is 0 Å². The van der Waals surface area contributed by atoms with Gasteiger partial charge in [0.05, 0.1) is 0 Å². The van der Waals surface area contributed by atoms with Crippen LogP contribution in [0.25, 0.3) is 32.3 Å². The van der Waals surface area contributed by atoms with Gasteiger partial charge in [0.15, 0.2) is 0 Å². The molecule has 0 spiro atoms. The number of hydrogen-bond donors (Lipinski definition) is 4. The third-order valence-electron chi connectivity index (χ3n) is 4.60. The van der Waals surface area contributed by atoms with Crippen LogP contribution in [-0.4, -0.2) is 133 Å². The summed E-state index contributed by atoms with van der Waals surface area (Å²) in [6, 6.07) is 6.07. The Morgan fingerprint density at radius 1 is 0.500 bits per heavy atom. The van der Waals surface area contributed by atoms with Crippen LogP contribution in [0.3, 0.4) is 0 Å². The van der Waals surface area contributed by atoms with Gasteiger partial charge in [0.2, 0.25) is 0 Å². The Kier molecular flexibility index (Phi) is 9.37. The molecular weight excluding hydrogens is 517 g/mol. The first-order valence-electron chi connectivity index (χ1n) is 7.61. The molecule has 0 radical (unpaired) electrons. The average molecular weight is 530 g/mol. The van der Waals surface area contributed by atoms with Crippen LogP contribution in [0.15, 0.2) is 51.1 Å². The minimum absolute atomic E-state index is 0. The molecule has 4 aromatic rings. The van der Waals surface area contributed by atoms with Crippen molar-refractivity contribution in [3.63, 3.8) is 0 Å². The first kappa shape index (κ1) is 30.5. The van der Waals surface area contributed by atoms with E-state index in [-0.39, 0.29) is 121 Å². The SMILES string of the molecule is O=S(=O)(O)c1cc(O)c2ccc3c(S(=O)(=O)O)cc(S(=O)(=O)O)c4ccc1c2c34.[NaH].[NaH].[NaH]. The Labute approximate surface area is 248 Å². The maximum absolute atomic E-state index is 11.8. The second-order valence-corrected chi connectivity index (χ2v) is 10.4. The molecule has 0 saturated carbocycles. The standard InChI is InChI=1S/C16H10O10S3.3Na.3H/c17-11-5-12(27(18,19)20)8-3-4-10-14(29(24,25)26)6-13(28(21,22)23)9-2-1-7(11)15(8)16(9)10;;;;;;/h1-6,17H,(H,18,19,20)(H,21,22,23)(H,24,25,26);;;;;;. The molecule has 10 nitrogen and oxygen atoms in total. The molecule has 16 heteroatoms. The van der Waals surface area contributed by atoms with Crippen LogP contribution in [0, 0.1) is 0 Å². The molecular formula is C16H13Na3O10S3. The number of hydrogen-bond acceptors (Lipinski definition) is 7. The first-order chi connectivity index (χ1) is 13.2. The normalized spacial score (nSPS) is 12.3. The Balaban J connectivity index is 0.00000171. The third kappa shape index (κ3) is 5.03. The Morgan fingerprint density at radius 2 is 0.781 bits per heavy atom. The molecule has 0 unspecified atom stereocenters. The fourth-order valence-corrected chi connectivity index (χ4v) is 5.73. The fraction of sp³-hybridized carbons (Fsp3) is 0. The van der Waals surface area contributed by atoms with Crippen LogP contribution in [0.2, 0.25) is 0 Å². The Morgan fingerprint density at radius 3 is 1.12 bits per heavy atom. The summed E-state index contributed by atoms with van der Waals surface area (Å²) in [4.78, 5) is -2.38. The molecule has 0 amide bonds. The maximum atomic E-state index is 11.8. The van der Waals surface area contributed by atoms with Gasteiger partial charge in [0.1, 0.15) is 20.4 Å². The monoisotopic (exact) mass is 530 g/mol. The van der Waals surface area contributed by atoms with E-state index in [0.717, 1.165) is 18.2 Å². The summed E-state index contributed by atoms with van der Waals surface area (Å²) in [7, 11) is -14.8. The summed E-state index contributed by atoms with van der Waals surface area (Å²) in [5, 5.41) is 9.54. The van der Waals surface area contributed by atoms with E-state index in [4.69, 9.17) is 0 Å². The average Bonchev–Trinajstić information content (AvgIpc) is 2.57. The molecule has 4 N–H and O–H groups in total. The van der Waals surface area contributed by atoms with Gasteiger partial charge in [0.25, 0.3) is 30.4 Å². The van der Waals surface area contributed by atoms with E-state index >= 15 is 0 Å². The van der Waals surface area contributed by atoms with Crippen LogP contribution in [-0.2, 0) is 30.4 Å². The van der Waals surface area contributed by atoms with Gasteiger partial charge in [-0.3, -0.25) is 13.7 Å². The molecule has 0 aliphatic rings. The summed E-state index contributed by atoms with van der Waals surface area (Å²) in [6.45, 7) is 0.